The molecule has 1 rings (SSSR count). The van der Waals surface area contributed by atoms with E-state index in [0.29, 0.717) is 10.2 Å². The van der Waals surface area contributed by atoms with Crippen molar-refractivity contribution in [1.82, 2.24) is 0 Å². The minimum atomic E-state index is -0.261. The van der Waals surface area contributed by atoms with Crippen molar-refractivity contribution in [2.75, 3.05) is 7.11 Å². The Morgan fingerprint density at radius 2 is 2.09 bits per heavy atom. The van der Waals surface area contributed by atoms with E-state index < -0.39 is 0 Å². The highest BCUT2D eigenvalue weighted by Gasteiger charge is 2.06. The van der Waals surface area contributed by atoms with Gasteiger partial charge in [-0.25, -0.2) is 4.39 Å². The predicted octanol–water partition coefficient (Wildman–Crippen LogP) is 2.91. The van der Waals surface area contributed by atoms with Gasteiger partial charge < -0.3 is 4.74 Å². The molecular formula is C8H8BrFO. The van der Waals surface area contributed by atoms with E-state index in [9.17, 15) is 4.39 Å². The molecule has 0 saturated carbocycles. The van der Waals surface area contributed by atoms with Gasteiger partial charge in [0, 0.05) is 5.56 Å². The van der Waals surface area contributed by atoms with E-state index in [1.54, 1.807) is 20.1 Å². The van der Waals surface area contributed by atoms with Crippen LogP contribution in [0.3, 0.4) is 0 Å². The summed E-state index contributed by atoms with van der Waals surface area (Å²) in [5.41, 5.74) is 0.785. The Bertz CT molecular complexity index is 273. The number of hydrogen-bond acceptors (Lipinski definition) is 1. The van der Waals surface area contributed by atoms with Gasteiger partial charge in [-0.2, -0.15) is 0 Å². The molecule has 60 valence electrons. The first-order valence-electron chi connectivity index (χ1n) is 3.15. The van der Waals surface area contributed by atoms with Crippen molar-refractivity contribution in [2.45, 2.75) is 6.92 Å². The summed E-state index contributed by atoms with van der Waals surface area (Å²) in [4.78, 5) is 0. The lowest BCUT2D eigenvalue weighted by Crippen LogP contribution is -1.89. The van der Waals surface area contributed by atoms with Crippen LogP contribution in [0.4, 0.5) is 4.39 Å². The Hall–Kier alpha value is -0.570. The maximum Gasteiger partial charge on any atom is 0.137 e. The van der Waals surface area contributed by atoms with Crippen molar-refractivity contribution in [3.8, 4) is 5.75 Å². The number of halogens is 2. The molecule has 1 aromatic carbocycles. The predicted molar refractivity (Wildman–Crippen MR) is 45.4 cm³/mol. The highest BCUT2D eigenvalue weighted by molar-refractivity contribution is 9.10. The van der Waals surface area contributed by atoms with E-state index >= 15 is 0 Å². The van der Waals surface area contributed by atoms with Crippen LogP contribution in [0.2, 0.25) is 0 Å². The second kappa shape index (κ2) is 3.22. The zero-order valence-electron chi connectivity index (χ0n) is 6.32. The molecule has 0 fully saturated rings. The lowest BCUT2D eigenvalue weighted by Gasteiger charge is -2.05. The van der Waals surface area contributed by atoms with Crippen LogP contribution >= 0.6 is 15.9 Å². The lowest BCUT2D eigenvalue weighted by molar-refractivity contribution is 0.410. The molecule has 0 bridgehead atoms. The second-order valence-corrected chi connectivity index (χ2v) is 2.98. The smallest absolute Gasteiger partial charge is 0.137 e. The molecule has 0 aliphatic carbocycles. The third-order valence-electron chi connectivity index (χ3n) is 1.51. The lowest BCUT2D eigenvalue weighted by atomic mass is 10.2. The summed E-state index contributed by atoms with van der Waals surface area (Å²) in [6, 6.07) is 2.98. The molecule has 0 aromatic heterocycles. The molecular weight excluding hydrogens is 211 g/mol. The van der Waals surface area contributed by atoms with Crippen LogP contribution in [-0.2, 0) is 0 Å². The fourth-order valence-corrected chi connectivity index (χ4v) is 1.18. The molecule has 0 atom stereocenters. The zero-order chi connectivity index (χ0) is 8.43. The summed E-state index contributed by atoms with van der Waals surface area (Å²) in [5.74, 6) is 0.432. The van der Waals surface area contributed by atoms with Gasteiger partial charge in [0.15, 0.2) is 0 Å². The van der Waals surface area contributed by atoms with Crippen LogP contribution in [-0.4, -0.2) is 7.11 Å². The van der Waals surface area contributed by atoms with Crippen LogP contribution in [0.25, 0.3) is 0 Å². The molecule has 0 spiro atoms. The maximum atomic E-state index is 12.8. The molecule has 0 N–H and O–H groups in total. The standard InChI is InChI=1S/C8H8BrFO/c1-5-7(11-2)4-3-6(10)8(5)9/h3-4H,1-2H3. The Kier molecular flexibility index (Phi) is 2.49. The highest BCUT2D eigenvalue weighted by atomic mass is 79.9. The summed E-state index contributed by atoms with van der Waals surface area (Å²) >= 11 is 3.12. The summed E-state index contributed by atoms with van der Waals surface area (Å²) < 4.78 is 18.2. The zero-order valence-corrected chi connectivity index (χ0v) is 7.90. The Labute approximate surface area is 73.3 Å². The molecule has 11 heavy (non-hydrogen) atoms. The van der Waals surface area contributed by atoms with Crippen molar-refractivity contribution in [3.05, 3.63) is 28.0 Å². The molecule has 1 aromatic rings. The van der Waals surface area contributed by atoms with Gasteiger partial charge >= 0.3 is 0 Å². The van der Waals surface area contributed by atoms with E-state index in [0.717, 1.165) is 5.56 Å². The maximum absolute atomic E-state index is 12.8. The van der Waals surface area contributed by atoms with E-state index in [1.807, 2.05) is 0 Å². The quantitative estimate of drug-likeness (QED) is 0.705. The van der Waals surface area contributed by atoms with Gasteiger partial charge in [0.2, 0.25) is 0 Å². The van der Waals surface area contributed by atoms with Gasteiger partial charge in [0.05, 0.1) is 11.6 Å². The molecule has 1 nitrogen and oxygen atoms in total. The van der Waals surface area contributed by atoms with Crippen molar-refractivity contribution < 1.29 is 9.13 Å². The molecule has 0 aliphatic heterocycles. The minimum absolute atomic E-state index is 0.261. The molecule has 3 heteroatoms. The van der Waals surface area contributed by atoms with E-state index in [-0.39, 0.29) is 5.82 Å². The number of methoxy groups -OCH3 is 1. The molecule has 0 saturated heterocycles. The van der Waals surface area contributed by atoms with Gasteiger partial charge in [0.1, 0.15) is 11.6 Å². The molecule has 0 unspecified atom stereocenters. The Morgan fingerprint density at radius 3 is 2.64 bits per heavy atom. The van der Waals surface area contributed by atoms with Crippen molar-refractivity contribution in [3.63, 3.8) is 0 Å². The fraction of sp³-hybridized carbons (Fsp3) is 0.250. The van der Waals surface area contributed by atoms with E-state index in [1.165, 1.54) is 6.07 Å². The average molecular weight is 219 g/mol. The van der Waals surface area contributed by atoms with Gasteiger partial charge in [0.25, 0.3) is 0 Å². The Balaban J connectivity index is 3.25. The van der Waals surface area contributed by atoms with Gasteiger partial charge in [-0.1, -0.05) is 0 Å². The van der Waals surface area contributed by atoms with Crippen LogP contribution < -0.4 is 4.74 Å². The summed E-state index contributed by atoms with van der Waals surface area (Å²) in [6.07, 6.45) is 0. The summed E-state index contributed by atoms with van der Waals surface area (Å²) in [7, 11) is 1.56. The van der Waals surface area contributed by atoms with E-state index in [4.69, 9.17) is 4.74 Å². The number of benzene rings is 1. The number of ether oxygens (including phenoxy) is 1. The van der Waals surface area contributed by atoms with Crippen LogP contribution in [0.5, 0.6) is 5.75 Å². The van der Waals surface area contributed by atoms with Crippen molar-refractivity contribution in [1.29, 1.82) is 0 Å². The summed E-state index contributed by atoms with van der Waals surface area (Å²) in [6.45, 7) is 1.80. The Morgan fingerprint density at radius 1 is 1.45 bits per heavy atom. The third kappa shape index (κ3) is 1.53. The number of rotatable bonds is 1. The highest BCUT2D eigenvalue weighted by Crippen LogP contribution is 2.27. The monoisotopic (exact) mass is 218 g/mol. The van der Waals surface area contributed by atoms with E-state index in [2.05, 4.69) is 15.9 Å². The summed E-state index contributed by atoms with van der Waals surface area (Å²) in [5, 5.41) is 0. The first-order chi connectivity index (χ1) is 5.16. The normalized spacial score (nSPS) is 9.82. The first kappa shape index (κ1) is 8.53. The van der Waals surface area contributed by atoms with Crippen LogP contribution in [0.15, 0.2) is 16.6 Å². The first-order valence-corrected chi connectivity index (χ1v) is 3.94. The molecule has 0 radical (unpaired) electrons. The SMILES string of the molecule is COc1ccc(F)c(Br)c1C. The van der Waals surface area contributed by atoms with Gasteiger partial charge in [-0.15, -0.1) is 0 Å². The largest absolute Gasteiger partial charge is 0.496 e. The number of hydrogen-bond donors (Lipinski definition) is 0. The van der Waals surface area contributed by atoms with Crippen molar-refractivity contribution >= 4 is 15.9 Å². The minimum Gasteiger partial charge on any atom is -0.496 e. The average Bonchev–Trinajstić information content (AvgIpc) is 2.01. The van der Waals surface area contributed by atoms with Crippen LogP contribution in [0, 0.1) is 12.7 Å². The molecule has 0 aliphatic rings. The van der Waals surface area contributed by atoms with Gasteiger partial charge in [-0.3, -0.25) is 0 Å². The molecule has 0 amide bonds. The second-order valence-electron chi connectivity index (χ2n) is 2.19. The van der Waals surface area contributed by atoms with Crippen LogP contribution in [0.1, 0.15) is 5.56 Å². The topological polar surface area (TPSA) is 9.23 Å². The van der Waals surface area contributed by atoms with Gasteiger partial charge in [-0.05, 0) is 35.0 Å². The third-order valence-corrected chi connectivity index (χ3v) is 2.48. The molecule has 0 heterocycles. The fourth-order valence-electron chi connectivity index (χ4n) is 0.855. The van der Waals surface area contributed by atoms with Crippen molar-refractivity contribution in [2.24, 2.45) is 0 Å².